The molecule has 0 aromatic heterocycles. The molecular formula is C39H47N3O14. The average Bonchev–Trinajstić information content (AvgIpc) is 3.87. The monoisotopic (exact) mass is 781 g/mol. The van der Waals surface area contributed by atoms with Crippen molar-refractivity contribution in [2.24, 2.45) is 5.41 Å². The molecule has 0 radical (unpaired) electrons. The second-order valence-corrected chi connectivity index (χ2v) is 15.2. The molecule has 1 spiro atoms. The molecule has 56 heavy (non-hydrogen) atoms. The van der Waals surface area contributed by atoms with Gasteiger partial charge in [-0.15, -0.1) is 0 Å². The maximum Gasteiger partial charge on any atom is 0.327 e. The third-order valence-corrected chi connectivity index (χ3v) is 11.6. The van der Waals surface area contributed by atoms with E-state index in [1.54, 1.807) is 12.2 Å². The van der Waals surface area contributed by atoms with Gasteiger partial charge < -0.3 is 59.9 Å². The molecule has 4 heterocycles. The van der Waals surface area contributed by atoms with Crippen molar-refractivity contribution in [1.29, 1.82) is 0 Å². The van der Waals surface area contributed by atoms with Crippen LogP contribution in [0.5, 0.6) is 0 Å². The quantitative estimate of drug-likeness (QED) is 0.111. The Balaban J connectivity index is 1.00. The number of ether oxygens (including phenoxy) is 5. The lowest BCUT2D eigenvalue weighted by Crippen LogP contribution is -2.69. The molecule has 6 aliphatic rings. The molecule has 1 saturated carbocycles. The van der Waals surface area contributed by atoms with Gasteiger partial charge in [-0.05, 0) is 22.3 Å². The summed E-state index contributed by atoms with van der Waals surface area (Å²) in [4.78, 5) is 47.4. The zero-order chi connectivity index (χ0) is 39.2. The predicted molar refractivity (Wildman–Crippen MR) is 190 cm³/mol. The number of rotatable bonds is 13. The van der Waals surface area contributed by atoms with E-state index in [2.05, 4.69) is 10.6 Å². The first-order valence-electron chi connectivity index (χ1n) is 19.0. The molecular weight excluding hydrogens is 734 g/mol. The number of nitrogens with one attached hydrogen (secondary N) is 2. The van der Waals surface area contributed by atoms with Gasteiger partial charge in [0.05, 0.1) is 26.4 Å². The number of aliphatic hydroxyl groups is 5. The van der Waals surface area contributed by atoms with Crippen LogP contribution in [0.1, 0.15) is 35.1 Å². The minimum Gasteiger partial charge on any atom is -0.458 e. The zero-order valence-corrected chi connectivity index (χ0v) is 30.5. The van der Waals surface area contributed by atoms with E-state index < -0.39 is 90.8 Å². The highest BCUT2D eigenvalue weighted by molar-refractivity contribution is 5.94. The van der Waals surface area contributed by atoms with Crippen molar-refractivity contribution in [3.05, 3.63) is 76.9 Å². The summed E-state index contributed by atoms with van der Waals surface area (Å²) in [5.74, 6) is -2.43. The lowest BCUT2D eigenvalue weighted by atomic mass is 9.62. The number of esters is 1. The summed E-state index contributed by atoms with van der Waals surface area (Å²) in [6.45, 7) is -0.625. The van der Waals surface area contributed by atoms with Crippen LogP contribution in [0.2, 0.25) is 0 Å². The molecule has 8 rings (SSSR count). The number of carbonyl (C=O) groups excluding carboxylic acids is 3. The van der Waals surface area contributed by atoms with Gasteiger partial charge in [0.1, 0.15) is 54.2 Å². The third kappa shape index (κ3) is 7.04. The van der Waals surface area contributed by atoms with E-state index in [4.69, 9.17) is 33.6 Å². The number of carbonyl (C=O) groups is 3. The van der Waals surface area contributed by atoms with E-state index in [1.807, 2.05) is 48.5 Å². The fraction of sp³-hybridized carbons (Fsp3) is 0.564. The van der Waals surface area contributed by atoms with Crippen LogP contribution in [0.4, 0.5) is 0 Å². The zero-order valence-electron chi connectivity index (χ0n) is 30.5. The number of amides is 2. The Kier molecular flexibility index (Phi) is 11.0. The first kappa shape index (κ1) is 39.0. The molecule has 2 aliphatic carbocycles. The first-order chi connectivity index (χ1) is 27.1. The Bertz CT molecular complexity index is 1800. The highest BCUT2D eigenvalue weighted by Crippen LogP contribution is 2.58. The standard InChI is InChI=1S/C39H47N3O14/c43-13-12-40-27(45)10-11-41-37(50)39-18-25-31-32(55-38(54-31)16-23-8-1-2-9-24(23)17-38)34(39)56-42(33(39)35(49)52-25)19-22-6-3-5-21(15-22)7-4-14-51-36-30(48)29(47)28(46)26(20-44)53-36/h1-9,15,25-26,28-34,36,43-44,46-48H,10-14,16-20H2,(H,40,45)(H,41,50). The minimum absolute atomic E-state index is 0.00379. The highest BCUT2D eigenvalue weighted by atomic mass is 16.8. The number of benzene rings is 2. The molecule has 4 aliphatic heterocycles. The highest BCUT2D eigenvalue weighted by Gasteiger charge is 2.76. The molecule has 7 N–H and O–H groups in total. The van der Waals surface area contributed by atoms with E-state index in [-0.39, 0.29) is 51.6 Å². The smallest absolute Gasteiger partial charge is 0.327 e. The van der Waals surface area contributed by atoms with E-state index >= 15 is 0 Å². The Labute approximate surface area is 322 Å². The third-order valence-electron chi connectivity index (χ3n) is 11.6. The van der Waals surface area contributed by atoms with Crippen molar-refractivity contribution in [2.45, 2.75) is 99.2 Å². The number of fused-ring (bicyclic) bond motifs is 5. The molecule has 11 atom stereocenters. The summed E-state index contributed by atoms with van der Waals surface area (Å²) in [7, 11) is 0. The van der Waals surface area contributed by atoms with Crippen LogP contribution in [0, 0.1) is 5.41 Å². The molecule has 11 unspecified atom stereocenters. The van der Waals surface area contributed by atoms with E-state index in [1.165, 1.54) is 5.06 Å². The van der Waals surface area contributed by atoms with Gasteiger partial charge in [0.2, 0.25) is 11.8 Å². The second-order valence-electron chi connectivity index (χ2n) is 15.2. The van der Waals surface area contributed by atoms with Crippen LogP contribution >= 0.6 is 0 Å². The Morgan fingerprint density at radius 1 is 0.946 bits per heavy atom. The van der Waals surface area contributed by atoms with Crippen molar-refractivity contribution in [2.75, 3.05) is 32.9 Å². The number of aliphatic hydroxyl groups excluding tert-OH is 5. The molecule has 2 amide bonds. The number of nitrogens with zero attached hydrogens (tertiary/aromatic N) is 1. The molecule has 2 bridgehead atoms. The van der Waals surface area contributed by atoms with Crippen LogP contribution in [0.25, 0.3) is 6.08 Å². The summed E-state index contributed by atoms with van der Waals surface area (Å²) < 4.78 is 30.5. The fourth-order valence-corrected chi connectivity index (χ4v) is 9.01. The Hall–Kier alpha value is -3.85. The first-order valence-corrected chi connectivity index (χ1v) is 19.0. The van der Waals surface area contributed by atoms with Gasteiger partial charge in [0.25, 0.3) is 0 Å². The SMILES string of the molecule is O=C(CCNC(=O)C12CC3OC(=O)C1N(Cc1cccc(C=CCOC4OC(CO)C(O)C(O)C4O)c1)OC2C1OC2(Cc4ccccc4C2)OC31)NCCO. The van der Waals surface area contributed by atoms with Crippen LogP contribution in [0.15, 0.2) is 54.6 Å². The van der Waals surface area contributed by atoms with Gasteiger partial charge in [-0.3, -0.25) is 19.2 Å². The van der Waals surface area contributed by atoms with Crippen molar-refractivity contribution in [1.82, 2.24) is 15.7 Å². The van der Waals surface area contributed by atoms with Crippen molar-refractivity contribution >= 4 is 23.9 Å². The van der Waals surface area contributed by atoms with Crippen molar-refractivity contribution in [3.63, 3.8) is 0 Å². The molecule has 302 valence electrons. The average molecular weight is 782 g/mol. The molecule has 17 heteroatoms. The number of hydroxylamine groups is 2. The van der Waals surface area contributed by atoms with Gasteiger partial charge >= 0.3 is 5.97 Å². The van der Waals surface area contributed by atoms with Gasteiger partial charge in [-0.2, -0.15) is 5.06 Å². The molecule has 4 saturated heterocycles. The molecule has 2 aromatic carbocycles. The summed E-state index contributed by atoms with van der Waals surface area (Å²) in [5.41, 5.74) is 2.26. The lowest BCUT2D eigenvalue weighted by molar-refractivity contribution is -0.298. The second kappa shape index (κ2) is 15.8. The van der Waals surface area contributed by atoms with E-state index in [0.717, 1.165) is 22.3 Å². The maximum absolute atomic E-state index is 14.4. The van der Waals surface area contributed by atoms with Gasteiger partial charge in [-0.25, -0.2) is 0 Å². The molecule has 17 nitrogen and oxygen atoms in total. The number of hydrogen-bond acceptors (Lipinski definition) is 15. The summed E-state index contributed by atoms with van der Waals surface area (Å²) in [6, 6.07) is 14.2. The summed E-state index contributed by atoms with van der Waals surface area (Å²) >= 11 is 0. The van der Waals surface area contributed by atoms with Gasteiger partial charge in [0, 0.05) is 38.8 Å². The van der Waals surface area contributed by atoms with Crippen molar-refractivity contribution < 1.29 is 68.4 Å². The van der Waals surface area contributed by atoms with E-state index in [9.17, 15) is 34.8 Å². The molecule has 2 aromatic rings. The topological polar surface area (TPSA) is 235 Å². The van der Waals surface area contributed by atoms with Crippen LogP contribution in [-0.4, -0.2) is 148 Å². The normalized spacial score (nSPS) is 35.3. The lowest BCUT2D eigenvalue weighted by Gasteiger charge is -2.48. The van der Waals surface area contributed by atoms with Gasteiger partial charge in [-0.1, -0.05) is 60.7 Å². The van der Waals surface area contributed by atoms with Crippen LogP contribution in [-0.2, 0) is 62.3 Å². The minimum atomic E-state index is -1.55. The van der Waals surface area contributed by atoms with Crippen molar-refractivity contribution in [3.8, 4) is 0 Å². The fourth-order valence-electron chi connectivity index (χ4n) is 9.01. The Morgan fingerprint density at radius 3 is 2.46 bits per heavy atom. The van der Waals surface area contributed by atoms with E-state index in [0.29, 0.717) is 12.8 Å². The molecule has 5 fully saturated rings. The largest absolute Gasteiger partial charge is 0.458 e. The van der Waals surface area contributed by atoms with Gasteiger partial charge in [0.15, 0.2) is 18.1 Å². The summed E-state index contributed by atoms with van der Waals surface area (Å²) in [6.07, 6.45) is -5.54. The predicted octanol–water partition coefficient (Wildman–Crippen LogP) is -1.79. The van der Waals surface area contributed by atoms with Crippen LogP contribution < -0.4 is 10.6 Å². The van der Waals surface area contributed by atoms with Crippen LogP contribution in [0.3, 0.4) is 0 Å². The summed E-state index contributed by atoms with van der Waals surface area (Å²) in [5, 5.41) is 55.7. The number of hydrogen-bond donors (Lipinski definition) is 7. The Morgan fingerprint density at radius 2 is 1.71 bits per heavy atom. The maximum atomic E-state index is 14.4.